The zero-order chi connectivity index (χ0) is 13.7. The van der Waals surface area contributed by atoms with Crippen LogP contribution in [0.4, 0.5) is 0 Å². The molecule has 1 heterocycles. The third kappa shape index (κ3) is 4.55. The first kappa shape index (κ1) is 14.4. The van der Waals surface area contributed by atoms with Crippen LogP contribution in [0.15, 0.2) is 29.2 Å². The first-order valence-electron chi connectivity index (χ1n) is 6.74. The molecule has 0 spiro atoms. The largest absolute Gasteiger partial charge is 0.481 e. The van der Waals surface area contributed by atoms with Crippen LogP contribution in [0, 0.1) is 5.92 Å². The molecule has 2 rings (SSSR count). The van der Waals surface area contributed by atoms with Gasteiger partial charge in [0, 0.05) is 24.4 Å². The van der Waals surface area contributed by atoms with E-state index < -0.39 is 5.97 Å². The van der Waals surface area contributed by atoms with E-state index in [1.54, 1.807) is 11.8 Å². The number of likely N-dealkylation sites (tertiary alicyclic amines) is 1. The highest BCUT2D eigenvalue weighted by Crippen LogP contribution is 2.22. The number of hydrogen-bond donors (Lipinski definition) is 1. The summed E-state index contributed by atoms with van der Waals surface area (Å²) >= 11 is 1.75. The molecule has 19 heavy (non-hydrogen) atoms. The minimum Gasteiger partial charge on any atom is -0.481 e. The molecular formula is C15H21NO2S. The Morgan fingerprint density at radius 3 is 2.79 bits per heavy atom. The standard InChI is InChI=1S/C15H21NO2S/c1-19-14-6-4-12(5-7-14)10-16-8-2-3-13(11-16)9-15(17)18/h4-7,13H,2-3,8-11H2,1H3,(H,17,18). The number of carbonyl (C=O) groups is 1. The van der Waals surface area contributed by atoms with Crippen LogP contribution in [0.2, 0.25) is 0 Å². The Balaban J connectivity index is 1.88. The van der Waals surface area contributed by atoms with Crippen LogP contribution in [0.5, 0.6) is 0 Å². The van der Waals surface area contributed by atoms with Crippen LogP contribution in [-0.4, -0.2) is 35.3 Å². The fraction of sp³-hybridized carbons (Fsp3) is 0.533. The van der Waals surface area contributed by atoms with Crippen molar-refractivity contribution >= 4 is 17.7 Å². The smallest absolute Gasteiger partial charge is 0.303 e. The van der Waals surface area contributed by atoms with E-state index in [0.717, 1.165) is 32.5 Å². The molecule has 1 N–H and O–H groups in total. The highest BCUT2D eigenvalue weighted by atomic mass is 32.2. The highest BCUT2D eigenvalue weighted by molar-refractivity contribution is 7.98. The molecule has 104 valence electrons. The molecule has 1 unspecified atom stereocenters. The number of aliphatic carboxylic acids is 1. The molecule has 1 aliphatic heterocycles. The molecule has 1 fully saturated rings. The van der Waals surface area contributed by atoms with E-state index in [4.69, 9.17) is 5.11 Å². The van der Waals surface area contributed by atoms with Gasteiger partial charge in [0.2, 0.25) is 0 Å². The first-order chi connectivity index (χ1) is 9.17. The predicted molar refractivity (Wildman–Crippen MR) is 78.5 cm³/mol. The van der Waals surface area contributed by atoms with Crippen molar-refractivity contribution in [1.29, 1.82) is 0 Å². The molecular weight excluding hydrogens is 258 g/mol. The number of thioether (sulfide) groups is 1. The van der Waals surface area contributed by atoms with Crippen molar-refractivity contribution in [2.24, 2.45) is 5.92 Å². The summed E-state index contributed by atoms with van der Waals surface area (Å²) < 4.78 is 0. The lowest BCUT2D eigenvalue weighted by atomic mass is 9.94. The molecule has 1 aliphatic rings. The molecule has 1 saturated heterocycles. The van der Waals surface area contributed by atoms with E-state index in [1.165, 1.54) is 10.5 Å². The van der Waals surface area contributed by atoms with E-state index in [9.17, 15) is 4.79 Å². The van der Waals surface area contributed by atoms with Crippen LogP contribution in [0.25, 0.3) is 0 Å². The van der Waals surface area contributed by atoms with Gasteiger partial charge in [0.05, 0.1) is 0 Å². The second-order valence-corrected chi connectivity index (χ2v) is 6.07. The summed E-state index contributed by atoms with van der Waals surface area (Å²) in [4.78, 5) is 14.4. The number of nitrogens with zero attached hydrogens (tertiary/aromatic N) is 1. The number of hydrogen-bond acceptors (Lipinski definition) is 3. The summed E-state index contributed by atoms with van der Waals surface area (Å²) in [7, 11) is 0. The third-order valence-electron chi connectivity index (χ3n) is 3.63. The Morgan fingerprint density at radius 1 is 1.42 bits per heavy atom. The third-order valence-corrected chi connectivity index (χ3v) is 4.38. The Hall–Kier alpha value is -1.00. The van der Waals surface area contributed by atoms with Gasteiger partial charge in [0.15, 0.2) is 0 Å². The summed E-state index contributed by atoms with van der Waals surface area (Å²) in [6.07, 6.45) is 4.55. The minimum atomic E-state index is -0.670. The van der Waals surface area contributed by atoms with Crippen molar-refractivity contribution in [3.8, 4) is 0 Å². The summed E-state index contributed by atoms with van der Waals surface area (Å²) in [6.45, 7) is 2.93. The lowest BCUT2D eigenvalue weighted by Crippen LogP contribution is -2.35. The Morgan fingerprint density at radius 2 is 2.16 bits per heavy atom. The van der Waals surface area contributed by atoms with Gasteiger partial charge in [0.25, 0.3) is 0 Å². The monoisotopic (exact) mass is 279 g/mol. The maximum absolute atomic E-state index is 10.8. The summed E-state index contributed by atoms with van der Waals surface area (Å²) in [6, 6.07) is 8.65. The van der Waals surface area contributed by atoms with E-state index in [0.29, 0.717) is 12.3 Å². The molecule has 1 aromatic carbocycles. The summed E-state index contributed by atoms with van der Waals surface area (Å²) in [5.41, 5.74) is 1.31. The Kier molecular flexibility index (Phi) is 5.28. The quantitative estimate of drug-likeness (QED) is 0.841. The number of piperidine rings is 1. The van der Waals surface area contributed by atoms with Gasteiger partial charge in [-0.1, -0.05) is 12.1 Å². The van der Waals surface area contributed by atoms with E-state index in [2.05, 4.69) is 35.4 Å². The molecule has 0 saturated carbocycles. The molecule has 0 aromatic heterocycles. The number of carboxylic acids is 1. The zero-order valence-corrected chi connectivity index (χ0v) is 12.2. The summed E-state index contributed by atoms with van der Waals surface area (Å²) in [5.74, 6) is -0.354. The van der Waals surface area contributed by atoms with Crippen LogP contribution >= 0.6 is 11.8 Å². The lowest BCUT2D eigenvalue weighted by molar-refractivity contribution is -0.138. The molecule has 1 aromatic rings. The summed E-state index contributed by atoms with van der Waals surface area (Å²) in [5, 5.41) is 8.88. The average Bonchev–Trinajstić information content (AvgIpc) is 2.39. The second kappa shape index (κ2) is 6.96. The van der Waals surface area contributed by atoms with Crippen molar-refractivity contribution < 1.29 is 9.90 Å². The van der Waals surface area contributed by atoms with Gasteiger partial charge < -0.3 is 5.11 Å². The van der Waals surface area contributed by atoms with E-state index >= 15 is 0 Å². The highest BCUT2D eigenvalue weighted by Gasteiger charge is 2.21. The average molecular weight is 279 g/mol. The number of benzene rings is 1. The predicted octanol–water partition coefficient (Wildman–Crippen LogP) is 3.10. The van der Waals surface area contributed by atoms with Gasteiger partial charge in [0.1, 0.15) is 0 Å². The molecule has 0 radical (unpaired) electrons. The lowest BCUT2D eigenvalue weighted by Gasteiger charge is -2.32. The fourth-order valence-corrected chi connectivity index (χ4v) is 3.11. The first-order valence-corrected chi connectivity index (χ1v) is 7.97. The van der Waals surface area contributed by atoms with Gasteiger partial charge in [-0.3, -0.25) is 9.69 Å². The van der Waals surface area contributed by atoms with Gasteiger partial charge in [-0.25, -0.2) is 0 Å². The molecule has 0 amide bonds. The van der Waals surface area contributed by atoms with E-state index in [1.807, 2.05) is 0 Å². The zero-order valence-electron chi connectivity index (χ0n) is 11.3. The molecule has 0 bridgehead atoms. The van der Waals surface area contributed by atoms with Gasteiger partial charge in [-0.2, -0.15) is 0 Å². The van der Waals surface area contributed by atoms with Gasteiger partial charge in [-0.05, 0) is 49.3 Å². The molecule has 0 aliphatic carbocycles. The fourth-order valence-electron chi connectivity index (χ4n) is 2.70. The van der Waals surface area contributed by atoms with Crippen molar-refractivity contribution in [3.63, 3.8) is 0 Å². The maximum Gasteiger partial charge on any atom is 0.303 e. The van der Waals surface area contributed by atoms with Crippen molar-refractivity contribution in [3.05, 3.63) is 29.8 Å². The Labute approximate surface area is 119 Å². The van der Waals surface area contributed by atoms with Crippen LogP contribution in [-0.2, 0) is 11.3 Å². The Bertz CT molecular complexity index is 419. The maximum atomic E-state index is 10.8. The van der Waals surface area contributed by atoms with Crippen molar-refractivity contribution in [1.82, 2.24) is 4.90 Å². The molecule has 1 atom stereocenters. The topological polar surface area (TPSA) is 40.5 Å². The van der Waals surface area contributed by atoms with Crippen molar-refractivity contribution in [2.45, 2.75) is 30.7 Å². The van der Waals surface area contributed by atoms with E-state index in [-0.39, 0.29) is 0 Å². The SMILES string of the molecule is CSc1ccc(CN2CCCC(CC(=O)O)C2)cc1. The molecule has 4 heteroatoms. The van der Waals surface area contributed by atoms with Crippen LogP contribution in [0.3, 0.4) is 0 Å². The number of rotatable bonds is 5. The molecule has 3 nitrogen and oxygen atoms in total. The van der Waals surface area contributed by atoms with Crippen molar-refractivity contribution in [2.75, 3.05) is 19.3 Å². The minimum absolute atomic E-state index is 0.307. The second-order valence-electron chi connectivity index (χ2n) is 5.19. The van der Waals surface area contributed by atoms with Crippen LogP contribution < -0.4 is 0 Å². The normalized spacial score (nSPS) is 20.4. The van der Waals surface area contributed by atoms with Gasteiger partial charge in [-0.15, -0.1) is 11.8 Å². The van der Waals surface area contributed by atoms with Crippen LogP contribution in [0.1, 0.15) is 24.8 Å². The van der Waals surface area contributed by atoms with Gasteiger partial charge >= 0.3 is 5.97 Å². The number of carboxylic acid groups (broad SMARTS) is 1.